The molecule has 2 heterocycles. The number of carbonyl (C=O) groups is 1. The summed E-state index contributed by atoms with van der Waals surface area (Å²) in [6.45, 7) is 5.79. The number of piperazine rings is 1. The first-order chi connectivity index (χ1) is 10.7. The van der Waals surface area contributed by atoms with Crippen molar-refractivity contribution in [2.24, 2.45) is 0 Å². The first-order valence-electron chi connectivity index (χ1n) is 7.46. The predicted molar refractivity (Wildman–Crippen MR) is 89.3 cm³/mol. The van der Waals surface area contributed by atoms with Crippen LogP contribution in [0.1, 0.15) is 11.1 Å². The Hall–Kier alpha value is -2.08. The van der Waals surface area contributed by atoms with Crippen molar-refractivity contribution in [1.29, 1.82) is 0 Å². The van der Waals surface area contributed by atoms with E-state index >= 15 is 0 Å². The molecule has 0 atom stereocenters. The summed E-state index contributed by atoms with van der Waals surface area (Å²) in [7, 11) is 0. The molecule has 1 aromatic carbocycles. The van der Waals surface area contributed by atoms with Crippen LogP contribution in [0, 0.1) is 6.92 Å². The summed E-state index contributed by atoms with van der Waals surface area (Å²) in [5.41, 5.74) is 2.37. The van der Waals surface area contributed by atoms with Crippen LogP contribution in [0.2, 0.25) is 0 Å². The Labute approximate surface area is 134 Å². The molecule has 0 bridgehead atoms. The van der Waals surface area contributed by atoms with Gasteiger partial charge in [-0.05, 0) is 18.1 Å². The van der Waals surface area contributed by atoms with Crippen LogP contribution in [0.5, 0.6) is 0 Å². The summed E-state index contributed by atoms with van der Waals surface area (Å²) in [6.07, 6.45) is 1.82. The van der Waals surface area contributed by atoms with E-state index < -0.39 is 0 Å². The molecular weight excluding hydrogens is 296 g/mol. The van der Waals surface area contributed by atoms with E-state index in [-0.39, 0.29) is 6.03 Å². The molecular formula is C16H20N4OS. The van der Waals surface area contributed by atoms with Gasteiger partial charge in [0.25, 0.3) is 0 Å². The van der Waals surface area contributed by atoms with Gasteiger partial charge in [0.05, 0.1) is 0 Å². The van der Waals surface area contributed by atoms with E-state index in [0.29, 0.717) is 6.54 Å². The average Bonchev–Trinajstić information content (AvgIpc) is 3.08. The monoisotopic (exact) mass is 316 g/mol. The number of benzene rings is 1. The Bertz CT molecular complexity index is 621. The molecule has 22 heavy (non-hydrogen) atoms. The smallest absolute Gasteiger partial charge is 0.317 e. The summed E-state index contributed by atoms with van der Waals surface area (Å²) >= 11 is 1.64. The third kappa shape index (κ3) is 3.39. The maximum atomic E-state index is 12.3. The molecule has 1 saturated heterocycles. The molecule has 1 fully saturated rings. The number of aromatic nitrogens is 1. The lowest BCUT2D eigenvalue weighted by Crippen LogP contribution is -2.51. The second-order valence-corrected chi connectivity index (χ2v) is 6.25. The highest BCUT2D eigenvalue weighted by molar-refractivity contribution is 7.13. The van der Waals surface area contributed by atoms with Crippen LogP contribution in [0.25, 0.3) is 0 Å². The van der Waals surface area contributed by atoms with Gasteiger partial charge >= 0.3 is 6.03 Å². The van der Waals surface area contributed by atoms with Gasteiger partial charge in [0.2, 0.25) is 0 Å². The van der Waals surface area contributed by atoms with Gasteiger partial charge in [-0.1, -0.05) is 24.3 Å². The van der Waals surface area contributed by atoms with E-state index in [1.807, 2.05) is 28.6 Å². The normalized spacial score (nSPS) is 15.0. The molecule has 1 aliphatic heterocycles. The molecule has 1 aliphatic rings. The molecule has 5 nitrogen and oxygen atoms in total. The maximum Gasteiger partial charge on any atom is 0.317 e. The molecule has 1 N–H and O–H groups in total. The average molecular weight is 316 g/mol. The minimum atomic E-state index is 0.0158. The van der Waals surface area contributed by atoms with Crippen LogP contribution in [0.15, 0.2) is 35.8 Å². The van der Waals surface area contributed by atoms with Gasteiger partial charge in [-0.2, -0.15) is 0 Å². The molecule has 3 rings (SSSR count). The predicted octanol–water partition coefficient (Wildman–Crippen LogP) is 2.48. The molecule has 0 spiro atoms. The van der Waals surface area contributed by atoms with Crippen LogP contribution in [-0.2, 0) is 6.54 Å². The molecule has 0 radical (unpaired) electrons. The number of nitrogens with one attached hydrogen (secondary N) is 1. The summed E-state index contributed by atoms with van der Waals surface area (Å²) in [5.74, 6) is 0. The van der Waals surface area contributed by atoms with E-state index in [9.17, 15) is 4.79 Å². The molecule has 116 valence electrons. The van der Waals surface area contributed by atoms with Gasteiger partial charge in [0, 0.05) is 44.3 Å². The van der Waals surface area contributed by atoms with Crippen LogP contribution in [0.4, 0.5) is 9.93 Å². The highest BCUT2D eigenvalue weighted by atomic mass is 32.1. The lowest BCUT2D eigenvalue weighted by molar-refractivity contribution is 0.194. The van der Waals surface area contributed by atoms with Crippen LogP contribution in [0.3, 0.4) is 0 Å². The lowest BCUT2D eigenvalue weighted by Gasteiger charge is -2.34. The SMILES string of the molecule is Cc1ccccc1CNC(=O)N1CCN(c2nccs2)CC1. The first-order valence-corrected chi connectivity index (χ1v) is 8.34. The zero-order chi connectivity index (χ0) is 15.4. The molecule has 0 unspecified atom stereocenters. The summed E-state index contributed by atoms with van der Waals surface area (Å²) < 4.78 is 0. The van der Waals surface area contributed by atoms with E-state index in [4.69, 9.17) is 0 Å². The number of rotatable bonds is 3. The Kier molecular flexibility index (Phi) is 4.58. The number of thiazole rings is 1. The number of urea groups is 1. The van der Waals surface area contributed by atoms with Crippen LogP contribution >= 0.6 is 11.3 Å². The summed E-state index contributed by atoms with van der Waals surface area (Å²) in [5, 5.41) is 6.04. The molecule has 0 aliphatic carbocycles. The highest BCUT2D eigenvalue weighted by Crippen LogP contribution is 2.18. The van der Waals surface area contributed by atoms with Crippen LogP contribution in [-0.4, -0.2) is 42.1 Å². The number of hydrogen-bond acceptors (Lipinski definition) is 4. The van der Waals surface area contributed by atoms with Crippen LogP contribution < -0.4 is 10.2 Å². The van der Waals surface area contributed by atoms with Crippen molar-refractivity contribution in [2.75, 3.05) is 31.1 Å². The molecule has 1 aromatic heterocycles. The van der Waals surface area contributed by atoms with Gasteiger partial charge in [-0.25, -0.2) is 9.78 Å². The summed E-state index contributed by atoms with van der Waals surface area (Å²) in [4.78, 5) is 20.7. The number of aryl methyl sites for hydroxylation is 1. The minimum absolute atomic E-state index is 0.0158. The maximum absolute atomic E-state index is 12.3. The fraction of sp³-hybridized carbons (Fsp3) is 0.375. The zero-order valence-corrected chi connectivity index (χ0v) is 13.5. The van der Waals surface area contributed by atoms with Crippen molar-refractivity contribution >= 4 is 22.5 Å². The van der Waals surface area contributed by atoms with Gasteiger partial charge in [-0.3, -0.25) is 0 Å². The van der Waals surface area contributed by atoms with Gasteiger partial charge in [0.1, 0.15) is 0 Å². The highest BCUT2D eigenvalue weighted by Gasteiger charge is 2.22. The largest absolute Gasteiger partial charge is 0.345 e. The van der Waals surface area contributed by atoms with Crippen molar-refractivity contribution in [3.05, 3.63) is 47.0 Å². The van der Waals surface area contributed by atoms with Crippen molar-refractivity contribution < 1.29 is 4.79 Å². The second kappa shape index (κ2) is 6.79. The van der Waals surface area contributed by atoms with Gasteiger partial charge in [-0.15, -0.1) is 11.3 Å². The van der Waals surface area contributed by atoms with Crippen molar-refractivity contribution in [1.82, 2.24) is 15.2 Å². The van der Waals surface area contributed by atoms with E-state index in [1.165, 1.54) is 5.56 Å². The van der Waals surface area contributed by atoms with Gasteiger partial charge < -0.3 is 15.1 Å². The number of hydrogen-bond donors (Lipinski definition) is 1. The van der Waals surface area contributed by atoms with Crippen molar-refractivity contribution in [2.45, 2.75) is 13.5 Å². The van der Waals surface area contributed by atoms with E-state index in [0.717, 1.165) is 36.9 Å². The Morgan fingerprint density at radius 1 is 1.27 bits per heavy atom. The summed E-state index contributed by atoms with van der Waals surface area (Å²) in [6, 6.07) is 8.14. The fourth-order valence-electron chi connectivity index (χ4n) is 2.56. The number of amides is 2. The third-order valence-corrected chi connectivity index (χ3v) is 4.78. The second-order valence-electron chi connectivity index (χ2n) is 5.37. The number of nitrogens with zero attached hydrogens (tertiary/aromatic N) is 3. The Morgan fingerprint density at radius 2 is 2.05 bits per heavy atom. The Morgan fingerprint density at radius 3 is 2.73 bits per heavy atom. The molecule has 2 amide bonds. The van der Waals surface area contributed by atoms with Gasteiger partial charge in [0.15, 0.2) is 5.13 Å². The Balaban J connectivity index is 1.49. The van der Waals surface area contributed by atoms with E-state index in [2.05, 4.69) is 34.3 Å². The van der Waals surface area contributed by atoms with Crippen molar-refractivity contribution in [3.8, 4) is 0 Å². The van der Waals surface area contributed by atoms with E-state index in [1.54, 1.807) is 11.3 Å². The first kappa shape index (κ1) is 14.8. The molecule has 0 saturated carbocycles. The lowest BCUT2D eigenvalue weighted by atomic mass is 10.1. The quantitative estimate of drug-likeness (QED) is 0.946. The standard InChI is InChI=1S/C16H20N4OS/c1-13-4-2-3-5-14(13)12-18-15(21)19-7-9-20(10-8-19)16-17-6-11-22-16/h2-6,11H,7-10,12H2,1H3,(H,18,21). The zero-order valence-electron chi connectivity index (χ0n) is 12.7. The number of carbonyl (C=O) groups excluding carboxylic acids is 1. The molecule has 2 aromatic rings. The minimum Gasteiger partial charge on any atom is -0.345 e. The third-order valence-electron chi connectivity index (χ3n) is 3.95. The fourth-order valence-corrected chi connectivity index (χ4v) is 3.26. The molecule has 6 heteroatoms. The van der Waals surface area contributed by atoms with Crippen molar-refractivity contribution in [3.63, 3.8) is 0 Å². The topological polar surface area (TPSA) is 48.5 Å². The number of anilines is 1.